The van der Waals surface area contributed by atoms with Crippen LogP contribution in [0.1, 0.15) is 19.3 Å². The average Bonchev–Trinajstić information content (AvgIpc) is 3.11. The summed E-state index contributed by atoms with van der Waals surface area (Å²) in [7, 11) is 0. The molecule has 0 aliphatic carbocycles. The Morgan fingerprint density at radius 1 is 0.962 bits per heavy atom. The SMILES string of the molecule is Fc1ccc(OCCCCN2CCC(OCCN3CCOCC3)C2)cc1. The van der Waals surface area contributed by atoms with Crippen molar-refractivity contribution in [3.05, 3.63) is 30.1 Å². The molecule has 1 atom stereocenters. The van der Waals surface area contributed by atoms with Crippen molar-refractivity contribution < 1.29 is 18.6 Å². The van der Waals surface area contributed by atoms with Crippen molar-refractivity contribution in [1.29, 1.82) is 0 Å². The maximum Gasteiger partial charge on any atom is 0.123 e. The normalized spacial score (nSPS) is 22.0. The van der Waals surface area contributed by atoms with Crippen LogP contribution < -0.4 is 4.74 Å². The first-order valence-corrected chi connectivity index (χ1v) is 9.82. The molecule has 0 saturated carbocycles. The van der Waals surface area contributed by atoms with E-state index in [-0.39, 0.29) is 5.82 Å². The van der Waals surface area contributed by atoms with Crippen molar-refractivity contribution in [2.24, 2.45) is 0 Å². The first-order valence-electron chi connectivity index (χ1n) is 9.82. The molecule has 2 heterocycles. The van der Waals surface area contributed by atoms with Gasteiger partial charge in [0.2, 0.25) is 0 Å². The number of hydrogen-bond acceptors (Lipinski definition) is 5. The van der Waals surface area contributed by atoms with E-state index in [0.717, 1.165) is 84.1 Å². The topological polar surface area (TPSA) is 34.2 Å². The zero-order chi connectivity index (χ0) is 18.0. The molecular formula is C20H31FN2O3. The van der Waals surface area contributed by atoms with Crippen LogP contribution in [-0.4, -0.2) is 81.6 Å². The number of halogens is 1. The molecule has 3 rings (SSSR count). The van der Waals surface area contributed by atoms with Crippen LogP contribution in [-0.2, 0) is 9.47 Å². The molecule has 1 aromatic rings. The molecular weight excluding hydrogens is 335 g/mol. The van der Waals surface area contributed by atoms with Crippen LogP contribution in [0.15, 0.2) is 24.3 Å². The van der Waals surface area contributed by atoms with Crippen molar-refractivity contribution in [2.75, 3.05) is 65.7 Å². The molecule has 0 N–H and O–H groups in total. The quantitative estimate of drug-likeness (QED) is 0.594. The highest BCUT2D eigenvalue weighted by atomic mass is 19.1. The van der Waals surface area contributed by atoms with Crippen molar-refractivity contribution in [3.63, 3.8) is 0 Å². The summed E-state index contributed by atoms with van der Waals surface area (Å²) >= 11 is 0. The molecule has 2 aliphatic heterocycles. The Kier molecular flexibility index (Phi) is 8.14. The predicted molar refractivity (Wildman–Crippen MR) is 99.2 cm³/mol. The van der Waals surface area contributed by atoms with Crippen LogP contribution in [0.4, 0.5) is 4.39 Å². The molecule has 0 amide bonds. The molecule has 6 heteroatoms. The van der Waals surface area contributed by atoms with Crippen LogP contribution in [0.3, 0.4) is 0 Å². The van der Waals surface area contributed by atoms with Crippen molar-refractivity contribution >= 4 is 0 Å². The number of morpholine rings is 1. The molecule has 1 unspecified atom stereocenters. The zero-order valence-corrected chi connectivity index (χ0v) is 15.6. The number of benzene rings is 1. The number of ether oxygens (including phenoxy) is 3. The molecule has 146 valence electrons. The summed E-state index contributed by atoms with van der Waals surface area (Å²) in [6.07, 6.45) is 3.64. The van der Waals surface area contributed by atoms with Gasteiger partial charge in [-0.15, -0.1) is 0 Å². The third-order valence-corrected chi connectivity index (χ3v) is 5.04. The van der Waals surface area contributed by atoms with E-state index in [0.29, 0.717) is 12.7 Å². The Bertz CT molecular complexity index is 508. The van der Waals surface area contributed by atoms with Gasteiger partial charge >= 0.3 is 0 Å². The Labute approximate surface area is 156 Å². The lowest BCUT2D eigenvalue weighted by Gasteiger charge is -2.26. The summed E-state index contributed by atoms with van der Waals surface area (Å²) in [6.45, 7) is 9.53. The minimum Gasteiger partial charge on any atom is -0.494 e. The van der Waals surface area contributed by atoms with Gasteiger partial charge < -0.3 is 19.1 Å². The lowest BCUT2D eigenvalue weighted by atomic mass is 10.3. The summed E-state index contributed by atoms with van der Waals surface area (Å²) in [5.41, 5.74) is 0. The molecule has 2 aliphatic rings. The Hall–Kier alpha value is -1.21. The number of hydrogen-bond donors (Lipinski definition) is 0. The van der Waals surface area contributed by atoms with E-state index < -0.39 is 0 Å². The van der Waals surface area contributed by atoms with E-state index in [1.54, 1.807) is 12.1 Å². The second kappa shape index (κ2) is 10.8. The highest BCUT2D eigenvalue weighted by Crippen LogP contribution is 2.14. The lowest BCUT2D eigenvalue weighted by molar-refractivity contribution is 0.00416. The van der Waals surface area contributed by atoms with Crippen LogP contribution >= 0.6 is 0 Å². The van der Waals surface area contributed by atoms with Crippen LogP contribution in [0, 0.1) is 5.82 Å². The van der Waals surface area contributed by atoms with Gasteiger partial charge in [0.1, 0.15) is 11.6 Å². The second-order valence-electron chi connectivity index (χ2n) is 7.05. The summed E-state index contributed by atoms with van der Waals surface area (Å²) < 4.78 is 29.9. The fourth-order valence-corrected chi connectivity index (χ4v) is 3.47. The van der Waals surface area contributed by atoms with Crippen LogP contribution in [0.25, 0.3) is 0 Å². The monoisotopic (exact) mass is 366 g/mol. The number of rotatable bonds is 10. The fourth-order valence-electron chi connectivity index (χ4n) is 3.47. The van der Waals surface area contributed by atoms with Gasteiger partial charge in [0.05, 0.1) is 32.5 Å². The highest BCUT2D eigenvalue weighted by molar-refractivity contribution is 5.21. The zero-order valence-electron chi connectivity index (χ0n) is 15.6. The van der Waals surface area contributed by atoms with Gasteiger partial charge in [0.25, 0.3) is 0 Å². The smallest absolute Gasteiger partial charge is 0.123 e. The van der Waals surface area contributed by atoms with Gasteiger partial charge in [0.15, 0.2) is 0 Å². The maximum atomic E-state index is 12.8. The maximum absolute atomic E-state index is 12.8. The average molecular weight is 366 g/mol. The minimum absolute atomic E-state index is 0.229. The molecule has 0 spiro atoms. The molecule has 26 heavy (non-hydrogen) atoms. The standard InChI is InChI=1S/C20H31FN2O3/c21-18-3-5-19(6-4-18)25-13-2-1-8-23-9-7-20(17-23)26-16-12-22-10-14-24-15-11-22/h3-6,20H,1-2,7-17H2. The lowest BCUT2D eigenvalue weighted by Crippen LogP contribution is -2.38. The predicted octanol–water partition coefficient (Wildman–Crippen LogP) is 2.41. The first-order chi connectivity index (χ1) is 12.8. The van der Waals surface area contributed by atoms with Gasteiger partial charge in [-0.05, 0) is 50.1 Å². The van der Waals surface area contributed by atoms with Crippen LogP contribution in [0.2, 0.25) is 0 Å². The molecule has 0 aromatic heterocycles. The molecule has 2 saturated heterocycles. The third-order valence-electron chi connectivity index (χ3n) is 5.04. The molecule has 1 aromatic carbocycles. The van der Waals surface area contributed by atoms with Crippen molar-refractivity contribution in [3.8, 4) is 5.75 Å². The fraction of sp³-hybridized carbons (Fsp3) is 0.700. The van der Waals surface area contributed by atoms with Crippen LogP contribution in [0.5, 0.6) is 5.75 Å². The number of unbranched alkanes of at least 4 members (excludes halogenated alkanes) is 1. The Balaban J connectivity index is 1.19. The van der Waals surface area contributed by atoms with Gasteiger partial charge in [-0.2, -0.15) is 0 Å². The summed E-state index contributed by atoms with van der Waals surface area (Å²) in [6, 6.07) is 6.21. The van der Waals surface area contributed by atoms with Gasteiger partial charge in [0, 0.05) is 32.7 Å². The Morgan fingerprint density at radius 2 is 1.77 bits per heavy atom. The minimum atomic E-state index is -0.229. The second-order valence-corrected chi connectivity index (χ2v) is 7.05. The first kappa shape index (κ1) is 19.5. The Morgan fingerprint density at radius 3 is 2.58 bits per heavy atom. The van der Waals surface area contributed by atoms with Crippen molar-refractivity contribution in [2.45, 2.75) is 25.4 Å². The van der Waals surface area contributed by atoms with E-state index in [1.165, 1.54) is 12.1 Å². The molecule has 2 fully saturated rings. The number of likely N-dealkylation sites (tertiary alicyclic amines) is 1. The van der Waals surface area contributed by atoms with E-state index in [1.807, 2.05) is 0 Å². The summed E-state index contributed by atoms with van der Waals surface area (Å²) in [4.78, 5) is 4.90. The molecule has 0 bridgehead atoms. The van der Waals surface area contributed by atoms with Gasteiger partial charge in [-0.3, -0.25) is 4.90 Å². The summed E-state index contributed by atoms with van der Waals surface area (Å²) in [5, 5.41) is 0. The molecule has 0 radical (unpaired) electrons. The largest absolute Gasteiger partial charge is 0.494 e. The van der Waals surface area contributed by atoms with Crippen molar-refractivity contribution in [1.82, 2.24) is 9.80 Å². The van der Waals surface area contributed by atoms with E-state index in [2.05, 4.69) is 9.80 Å². The number of nitrogens with zero attached hydrogens (tertiary/aromatic N) is 2. The van der Waals surface area contributed by atoms with Gasteiger partial charge in [-0.25, -0.2) is 4.39 Å². The van der Waals surface area contributed by atoms with E-state index in [9.17, 15) is 4.39 Å². The van der Waals surface area contributed by atoms with Gasteiger partial charge in [-0.1, -0.05) is 0 Å². The van der Waals surface area contributed by atoms with E-state index >= 15 is 0 Å². The third kappa shape index (κ3) is 6.83. The highest BCUT2D eigenvalue weighted by Gasteiger charge is 2.22. The summed E-state index contributed by atoms with van der Waals surface area (Å²) in [5.74, 6) is 0.509. The van der Waals surface area contributed by atoms with E-state index in [4.69, 9.17) is 14.2 Å². The molecule has 5 nitrogen and oxygen atoms in total.